The smallest absolute Gasteiger partial charge is 0.0320 e. The number of hydrogen-bond acceptors (Lipinski definition) is 1. The number of nitrogen functional groups attached to an aromatic ring is 1. The fraction of sp³-hybridized carbons (Fsp3) is 0.143. The summed E-state index contributed by atoms with van der Waals surface area (Å²) in [5.41, 5.74) is 9.42. The first-order chi connectivity index (χ1) is 7.33. The van der Waals surface area contributed by atoms with Gasteiger partial charge in [-0.25, -0.2) is 0 Å². The second kappa shape index (κ2) is 3.13. The molecule has 0 spiro atoms. The third-order valence-corrected chi connectivity index (χ3v) is 3.00. The molecule has 3 rings (SSSR count). The van der Waals surface area contributed by atoms with Crippen LogP contribution in [0.5, 0.6) is 0 Å². The predicted octanol–water partition coefficient (Wildman–Crippen LogP) is 3.38. The van der Waals surface area contributed by atoms with Gasteiger partial charge < -0.3 is 5.73 Å². The van der Waals surface area contributed by atoms with Gasteiger partial charge in [-0.15, -0.1) is 0 Å². The molecule has 1 heteroatoms. The van der Waals surface area contributed by atoms with Crippen LogP contribution in [-0.4, -0.2) is 0 Å². The van der Waals surface area contributed by atoms with Crippen molar-refractivity contribution in [2.24, 2.45) is 0 Å². The largest absolute Gasteiger partial charge is 0.399 e. The summed E-state index contributed by atoms with van der Waals surface area (Å²) in [6.07, 6.45) is 6.77. The Hall–Kier alpha value is -1.76. The fourth-order valence-electron chi connectivity index (χ4n) is 2.20. The monoisotopic (exact) mass is 195 g/mol. The van der Waals surface area contributed by atoms with Crippen molar-refractivity contribution in [2.75, 3.05) is 5.73 Å². The van der Waals surface area contributed by atoms with Crippen LogP contribution in [0.25, 0.3) is 16.8 Å². The minimum atomic E-state index is 0.835. The number of aryl methyl sites for hydroxylation is 1. The zero-order chi connectivity index (χ0) is 10.3. The van der Waals surface area contributed by atoms with E-state index < -0.39 is 0 Å². The Labute approximate surface area is 89.2 Å². The van der Waals surface area contributed by atoms with Gasteiger partial charge in [0.1, 0.15) is 0 Å². The summed E-state index contributed by atoms with van der Waals surface area (Å²) >= 11 is 0. The highest BCUT2D eigenvalue weighted by molar-refractivity contribution is 5.88. The van der Waals surface area contributed by atoms with Gasteiger partial charge in [0, 0.05) is 5.69 Å². The van der Waals surface area contributed by atoms with Gasteiger partial charge in [-0.2, -0.15) is 0 Å². The lowest BCUT2D eigenvalue weighted by Crippen LogP contribution is -1.94. The first-order valence-corrected chi connectivity index (χ1v) is 5.32. The molecule has 0 atom stereocenters. The molecule has 15 heavy (non-hydrogen) atoms. The average molecular weight is 195 g/mol. The van der Waals surface area contributed by atoms with Gasteiger partial charge in [0.15, 0.2) is 0 Å². The highest BCUT2D eigenvalue weighted by atomic mass is 14.5. The Balaban J connectivity index is 2.32. The summed E-state index contributed by atoms with van der Waals surface area (Å²) < 4.78 is 0. The maximum Gasteiger partial charge on any atom is 0.0320 e. The summed E-state index contributed by atoms with van der Waals surface area (Å²) in [6.45, 7) is 0. The zero-order valence-corrected chi connectivity index (χ0v) is 8.53. The Morgan fingerprint density at radius 1 is 1.00 bits per heavy atom. The molecule has 1 aliphatic rings. The van der Waals surface area contributed by atoms with Crippen LogP contribution < -0.4 is 5.73 Å². The van der Waals surface area contributed by atoms with Gasteiger partial charge in [0.05, 0.1) is 0 Å². The van der Waals surface area contributed by atoms with Crippen LogP contribution in [0.4, 0.5) is 5.69 Å². The molecule has 2 N–H and O–H groups in total. The number of anilines is 1. The number of rotatable bonds is 0. The molecule has 0 saturated carbocycles. The Kier molecular flexibility index (Phi) is 1.78. The molecule has 0 bridgehead atoms. The van der Waals surface area contributed by atoms with Crippen LogP contribution >= 0.6 is 0 Å². The molecule has 0 radical (unpaired) electrons. The van der Waals surface area contributed by atoms with Crippen molar-refractivity contribution in [1.29, 1.82) is 0 Å². The van der Waals surface area contributed by atoms with Crippen LogP contribution in [0, 0.1) is 0 Å². The van der Waals surface area contributed by atoms with E-state index in [-0.39, 0.29) is 0 Å². The Morgan fingerprint density at radius 2 is 1.93 bits per heavy atom. The van der Waals surface area contributed by atoms with E-state index >= 15 is 0 Å². The quantitative estimate of drug-likeness (QED) is 0.641. The van der Waals surface area contributed by atoms with E-state index in [0.717, 1.165) is 18.5 Å². The molecule has 2 aromatic rings. The Bertz CT molecular complexity index is 553. The molecule has 0 amide bonds. The minimum Gasteiger partial charge on any atom is -0.399 e. The normalized spacial score (nSPS) is 14.1. The standard InChI is InChI=1S/C14H13N/c15-14-6-5-12-7-10-3-1-2-4-11(10)8-13(12)9-14/h2,4-9H,1,3,15H2. The lowest BCUT2D eigenvalue weighted by Gasteiger charge is -2.11. The number of allylic oxidation sites excluding steroid dienone is 1. The van der Waals surface area contributed by atoms with E-state index in [0.29, 0.717) is 0 Å². The number of hydrogen-bond donors (Lipinski definition) is 1. The molecule has 0 aromatic heterocycles. The Morgan fingerprint density at radius 3 is 2.87 bits per heavy atom. The van der Waals surface area contributed by atoms with E-state index in [9.17, 15) is 0 Å². The van der Waals surface area contributed by atoms with Gasteiger partial charge in [-0.3, -0.25) is 0 Å². The molecule has 74 valence electrons. The van der Waals surface area contributed by atoms with Gasteiger partial charge in [0.2, 0.25) is 0 Å². The summed E-state index contributed by atoms with van der Waals surface area (Å²) in [6, 6.07) is 10.6. The molecule has 0 fully saturated rings. The number of benzene rings is 2. The van der Waals surface area contributed by atoms with Crippen molar-refractivity contribution in [2.45, 2.75) is 12.8 Å². The molecule has 1 aliphatic carbocycles. The minimum absolute atomic E-state index is 0.835. The van der Waals surface area contributed by atoms with Crippen molar-refractivity contribution in [1.82, 2.24) is 0 Å². The maximum absolute atomic E-state index is 5.78. The van der Waals surface area contributed by atoms with Crippen molar-refractivity contribution in [3.63, 3.8) is 0 Å². The number of nitrogens with two attached hydrogens (primary N) is 1. The molecule has 2 aromatic carbocycles. The van der Waals surface area contributed by atoms with Crippen molar-refractivity contribution in [3.8, 4) is 0 Å². The van der Waals surface area contributed by atoms with E-state index in [2.05, 4.69) is 30.4 Å². The van der Waals surface area contributed by atoms with Gasteiger partial charge in [0.25, 0.3) is 0 Å². The van der Waals surface area contributed by atoms with Gasteiger partial charge >= 0.3 is 0 Å². The summed E-state index contributed by atoms with van der Waals surface area (Å²) in [5, 5.41) is 2.53. The highest BCUT2D eigenvalue weighted by Crippen LogP contribution is 2.26. The molecule has 0 saturated heterocycles. The van der Waals surface area contributed by atoms with Gasteiger partial charge in [-0.05, 0) is 52.9 Å². The molecular formula is C14H13N. The predicted molar refractivity (Wildman–Crippen MR) is 65.7 cm³/mol. The van der Waals surface area contributed by atoms with Crippen LogP contribution in [-0.2, 0) is 6.42 Å². The first-order valence-electron chi connectivity index (χ1n) is 5.32. The van der Waals surface area contributed by atoms with E-state index in [1.807, 2.05) is 12.1 Å². The summed E-state index contributed by atoms with van der Waals surface area (Å²) in [7, 11) is 0. The lowest BCUT2D eigenvalue weighted by atomic mass is 9.94. The molecule has 1 nitrogen and oxygen atoms in total. The average Bonchev–Trinajstić information content (AvgIpc) is 2.26. The third-order valence-electron chi connectivity index (χ3n) is 3.00. The number of fused-ring (bicyclic) bond motifs is 2. The van der Waals surface area contributed by atoms with E-state index in [4.69, 9.17) is 5.73 Å². The fourth-order valence-corrected chi connectivity index (χ4v) is 2.20. The zero-order valence-electron chi connectivity index (χ0n) is 8.53. The second-order valence-electron chi connectivity index (χ2n) is 4.10. The SMILES string of the molecule is Nc1ccc2cc3c(cc2c1)C=CCC3. The van der Waals surface area contributed by atoms with Crippen LogP contribution in [0.15, 0.2) is 36.4 Å². The van der Waals surface area contributed by atoms with Crippen LogP contribution in [0.2, 0.25) is 0 Å². The molecule has 0 aliphatic heterocycles. The van der Waals surface area contributed by atoms with Crippen molar-refractivity contribution in [3.05, 3.63) is 47.5 Å². The lowest BCUT2D eigenvalue weighted by molar-refractivity contribution is 0.989. The second-order valence-corrected chi connectivity index (χ2v) is 4.10. The van der Waals surface area contributed by atoms with Gasteiger partial charge in [-0.1, -0.05) is 24.3 Å². The third kappa shape index (κ3) is 1.40. The highest BCUT2D eigenvalue weighted by Gasteiger charge is 2.05. The topological polar surface area (TPSA) is 26.0 Å². The maximum atomic E-state index is 5.78. The van der Waals surface area contributed by atoms with E-state index in [1.165, 1.54) is 21.9 Å². The molecule has 0 unspecified atom stereocenters. The molecule has 0 heterocycles. The molecular weight excluding hydrogens is 182 g/mol. The van der Waals surface area contributed by atoms with Crippen LogP contribution in [0.1, 0.15) is 17.5 Å². The van der Waals surface area contributed by atoms with E-state index in [1.54, 1.807) is 0 Å². The summed E-state index contributed by atoms with van der Waals surface area (Å²) in [4.78, 5) is 0. The van der Waals surface area contributed by atoms with Crippen molar-refractivity contribution < 1.29 is 0 Å². The van der Waals surface area contributed by atoms with Crippen LogP contribution in [0.3, 0.4) is 0 Å². The summed E-state index contributed by atoms with van der Waals surface area (Å²) in [5.74, 6) is 0. The van der Waals surface area contributed by atoms with Crippen molar-refractivity contribution >= 4 is 22.5 Å². The first kappa shape index (κ1) is 8.54.